The molecule has 0 saturated carbocycles. The zero-order valence-electron chi connectivity index (χ0n) is 15.2. The van der Waals surface area contributed by atoms with E-state index < -0.39 is 7.28 Å². The van der Waals surface area contributed by atoms with E-state index in [0.717, 1.165) is 31.3 Å². The minimum absolute atomic E-state index is 0.0228. The quantitative estimate of drug-likeness (QED) is 0.710. The third kappa shape index (κ3) is 2.20. The Balaban J connectivity index is 1.74. The minimum atomic E-state index is -2.79. The van der Waals surface area contributed by atoms with Crippen molar-refractivity contribution < 1.29 is 13.6 Å². The Bertz CT molecular complexity index is 661. The molecule has 128 valence electrons. The summed E-state index contributed by atoms with van der Waals surface area (Å²) in [4.78, 5) is 0. The molecule has 0 atom stereocenters. The molecule has 0 aromatic heterocycles. The molecule has 0 aliphatic carbocycles. The van der Waals surface area contributed by atoms with Crippen LogP contribution in [0.5, 0.6) is 5.75 Å². The molecule has 3 nitrogen and oxygen atoms in total. The second-order valence-electron chi connectivity index (χ2n) is 9.89. The molecule has 0 unspecified atom stereocenters. The Morgan fingerprint density at radius 2 is 1.57 bits per heavy atom. The Morgan fingerprint density at radius 1 is 0.957 bits per heavy atom. The summed E-state index contributed by atoms with van der Waals surface area (Å²) < 4.78 is 18.9. The van der Waals surface area contributed by atoms with Crippen molar-refractivity contribution in [3.63, 3.8) is 0 Å². The fraction of sp³-hybridized carbons (Fsp3) is 0.684. The van der Waals surface area contributed by atoms with Crippen LogP contribution in [0.2, 0.25) is 0 Å². The molecule has 5 saturated heterocycles. The summed E-state index contributed by atoms with van der Waals surface area (Å²) in [6, 6.07) is 6.64. The van der Waals surface area contributed by atoms with Crippen LogP contribution in [-0.2, 0) is 19.9 Å². The zero-order valence-corrected chi connectivity index (χ0v) is 16.1. The van der Waals surface area contributed by atoms with E-state index in [2.05, 4.69) is 59.7 Å². The Labute approximate surface area is 139 Å². The number of rotatable bonds is 2. The summed E-state index contributed by atoms with van der Waals surface area (Å²) >= 11 is 0. The first-order valence-electron chi connectivity index (χ1n) is 8.61. The van der Waals surface area contributed by atoms with Crippen LogP contribution in [0.25, 0.3) is 0 Å². The molecule has 5 heterocycles. The van der Waals surface area contributed by atoms with E-state index in [1.54, 1.807) is 0 Å². The van der Waals surface area contributed by atoms with E-state index in [9.17, 15) is 0 Å². The average molecular weight is 336 g/mol. The van der Waals surface area contributed by atoms with Gasteiger partial charge in [-0.15, -0.1) is 0 Å². The number of hydrogen-bond acceptors (Lipinski definition) is 3. The predicted octanol–water partition coefficient (Wildman–Crippen LogP) is 5.02. The summed E-state index contributed by atoms with van der Waals surface area (Å²) in [5, 5.41) is 0. The Morgan fingerprint density at radius 3 is 2.00 bits per heavy atom. The van der Waals surface area contributed by atoms with Gasteiger partial charge in [0.2, 0.25) is 0 Å². The van der Waals surface area contributed by atoms with Crippen molar-refractivity contribution in [2.45, 2.75) is 52.4 Å². The molecule has 0 radical (unpaired) electrons. The molecular weight excluding hydrogens is 307 g/mol. The van der Waals surface area contributed by atoms with Gasteiger partial charge in [-0.05, 0) is 0 Å². The normalized spacial score (nSPS) is 32.0. The van der Waals surface area contributed by atoms with Crippen LogP contribution in [0, 0.1) is 5.41 Å². The fourth-order valence-electron chi connectivity index (χ4n) is 4.25. The van der Waals surface area contributed by atoms with Gasteiger partial charge in [-0.2, -0.15) is 0 Å². The predicted molar refractivity (Wildman–Crippen MR) is 95.5 cm³/mol. The second-order valence-corrected chi connectivity index (χ2v) is 13.7. The van der Waals surface area contributed by atoms with Crippen molar-refractivity contribution in [2.24, 2.45) is 5.41 Å². The van der Waals surface area contributed by atoms with Crippen molar-refractivity contribution in [3.8, 4) is 5.75 Å². The molecule has 5 aliphatic rings. The topological polar surface area (TPSA) is 27.7 Å². The number of hydrogen-bond donors (Lipinski definition) is 0. The van der Waals surface area contributed by atoms with Crippen LogP contribution in [0.1, 0.15) is 52.7 Å². The van der Waals surface area contributed by atoms with E-state index in [-0.39, 0.29) is 16.2 Å². The molecule has 4 heteroatoms. The van der Waals surface area contributed by atoms with Crippen molar-refractivity contribution in [2.75, 3.05) is 25.5 Å². The molecule has 6 rings (SSSR count). The maximum atomic E-state index is 6.61. The molecule has 5 aliphatic heterocycles. The van der Waals surface area contributed by atoms with Gasteiger partial charge in [-0.3, -0.25) is 0 Å². The van der Waals surface area contributed by atoms with Crippen molar-refractivity contribution in [1.82, 2.24) is 0 Å². The number of fused-ring (bicyclic) bond motifs is 2. The van der Waals surface area contributed by atoms with Gasteiger partial charge >= 0.3 is 139 Å². The number of benzene rings is 1. The first-order valence-corrected chi connectivity index (χ1v) is 11.0. The van der Waals surface area contributed by atoms with Gasteiger partial charge in [-0.25, -0.2) is 0 Å². The summed E-state index contributed by atoms with van der Waals surface area (Å²) in [6.45, 7) is 15.1. The SMILES string of the molecule is CC(C)(C)c1ccc(OP234CC(CO2)(CO3)C4)c(C(C)(C)C)c1. The van der Waals surface area contributed by atoms with Crippen LogP contribution in [-0.4, -0.2) is 25.5 Å². The average Bonchev–Trinajstić information content (AvgIpc) is 3.05. The van der Waals surface area contributed by atoms with E-state index in [4.69, 9.17) is 13.6 Å². The molecule has 5 fully saturated rings. The Kier molecular flexibility index (Phi) is 2.85. The summed E-state index contributed by atoms with van der Waals surface area (Å²) in [5.41, 5.74) is 3.03. The fourth-order valence-corrected chi connectivity index (χ4v) is 9.51. The summed E-state index contributed by atoms with van der Waals surface area (Å²) in [7, 11) is -2.79. The third-order valence-corrected chi connectivity index (χ3v) is 10.1. The van der Waals surface area contributed by atoms with Gasteiger partial charge in [0, 0.05) is 0 Å². The van der Waals surface area contributed by atoms with Gasteiger partial charge in [0.25, 0.3) is 0 Å². The van der Waals surface area contributed by atoms with E-state index >= 15 is 0 Å². The third-order valence-electron chi connectivity index (χ3n) is 5.55. The second kappa shape index (κ2) is 4.12. The van der Waals surface area contributed by atoms with Gasteiger partial charge in [0.15, 0.2) is 0 Å². The van der Waals surface area contributed by atoms with Gasteiger partial charge in [0.1, 0.15) is 0 Å². The maximum absolute atomic E-state index is 6.61. The van der Waals surface area contributed by atoms with Gasteiger partial charge in [-0.1, -0.05) is 0 Å². The van der Waals surface area contributed by atoms with Crippen molar-refractivity contribution in [1.29, 1.82) is 0 Å². The monoisotopic (exact) mass is 336 g/mol. The van der Waals surface area contributed by atoms with E-state index in [1.807, 2.05) is 0 Å². The molecule has 2 bridgehead atoms. The van der Waals surface area contributed by atoms with Gasteiger partial charge < -0.3 is 0 Å². The molecule has 23 heavy (non-hydrogen) atoms. The molecule has 0 amide bonds. The molecule has 1 aromatic rings. The zero-order chi connectivity index (χ0) is 16.8. The van der Waals surface area contributed by atoms with Crippen LogP contribution >= 0.6 is 7.28 Å². The summed E-state index contributed by atoms with van der Waals surface area (Å²) in [6.07, 6.45) is 2.01. The first kappa shape index (κ1) is 15.9. The van der Waals surface area contributed by atoms with Crippen LogP contribution in [0.3, 0.4) is 0 Å². The van der Waals surface area contributed by atoms with E-state index in [1.165, 1.54) is 11.1 Å². The van der Waals surface area contributed by atoms with Crippen LogP contribution in [0.15, 0.2) is 18.2 Å². The molecule has 1 aromatic carbocycles. The Hall–Kier alpha value is -0.630. The summed E-state index contributed by atoms with van der Waals surface area (Å²) in [5.74, 6) is 0.959. The molecular formula is C19H29O3P. The van der Waals surface area contributed by atoms with Crippen molar-refractivity contribution >= 4 is 7.28 Å². The van der Waals surface area contributed by atoms with Crippen LogP contribution < -0.4 is 4.52 Å². The van der Waals surface area contributed by atoms with Gasteiger partial charge in [0.05, 0.1) is 0 Å². The molecule has 0 spiro atoms. The van der Waals surface area contributed by atoms with E-state index in [0.29, 0.717) is 0 Å². The first-order chi connectivity index (χ1) is 10.4. The van der Waals surface area contributed by atoms with Crippen LogP contribution in [0.4, 0.5) is 0 Å². The standard InChI is InChI=1S/C19H29O3P/c1-17(2,3)14-7-8-16(15(9-14)18(4,5)6)22-23-12-19(13-23,10-20-23)11-21-23/h7-9H,10-13H2,1-6H3. The van der Waals surface area contributed by atoms with Crippen molar-refractivity contribution in [3.05, 3.63) is 29.3 Å². The molecule has 0 N–H and O–H groups in total.